The topological polar surface area (TPSA) is 75.3 Å². The summed E-state index contributed by atoms with van der Waals surface area (Å²) in [5.41, 5.74) is 1.84. The molecular weight excluding hydrogens is 398 g/mol. The summed E-state index contributed by atoms with van der Waals surface area (Å²) >= 11 is 0. The van der Waals surface area contributed by atoms with Crippen LogP contribution in [-0.4, -0.2) is 14.3 Å². The first-order chi connectivity index (χ1) is 13.7. The first kappa shape index (κ1) is 20.5. The third-order valence-corrected chi connectivity index (χ3v) is 5.69. The van der Waals surface area contributed by atoms with Gasteiger partial charge in [-0.05, 0) is 73.5 Å². The summed E-state index contributed by atoms with van der Waals surface area (Å²) in [6.45, 7) is 3.38. The van der Waals surface area contributed by atoms with Crippen molar-refractivity contribution in [3.05, 3.63) is 89.0 Å². The highest BCUT2D eigenvalue weighted by Gasteiger charge is 2.19. The van der Waals surface area contributed by atoms with Crippen molar-refractivity contribution in [2.24, 2.45) is 0 Å². The Bertz CT molecular complexity index is 1180. The Balaban J connectivity index is 1.89. The number of aryl methyl sites for hydroxylation is 2. The van der Waals surface area contributed by atoms with E-state index < -0.39 is 27.6 Å². The molecule has 0 spiro atoms. The minimum absolute atomic E-state index is 0.131. The van der Waals surface area contributed by atoms with Crippen LogP contribution in [0.4, 0.5) is 20.2 Å². The molecule has 0 aliphatic heterocycles. The molecule has 0 atom stereocenters. The molecule has 5 nitrogen and oxygen atoms in total. The lowest BCUT2D eigenvalue weighted by atomic mass is 10.1. The molecule has 3 aromatic rings. The van der Waals surface area contributed by atoms with Gasteiger partial charge in [-0.3, -0.25) is 9.52 Å². The van der Waals surface area contributed by atoms with E-state index in [-0.39, 0.29) is 16.1 Å². The van der Waals surface area contributed by atoms with E-state index in [2.05, 4.69) is 10.0 Å². The fourth-order valence-electron chi connectivity index (χ4n) is 2.66. The average molecular weight is 416 g/mol. The van der Waals surface area contributed by atoms with Crippen LogP contribution >= 0.6 is 0 Å². The lowest BCUT2D eigenvalue weighted by Gasteiger charge is -2.13. The maximum atomic E-state index is 13.5. The zero-order valence-corrected chi connectivity index (χ0v) is 16.5. The number of nitrogens with one attached hydrogen (secondary N) is 2. The molecule has 2 N–H and O–H groups in total. The van der Waals surface area contributed by atoms with Gasteiger partial charge in [0.2, 0.25) is 0 Å². The number of benzene rings is 3. The number of amides is 1. The minimum atomic E-state index is -4.00. The van der Waals surface area contributed by atoms with Gasteiger partial charge in [-0.15, -0.1) is 0 Å². The first-order valence-corrected chi connectivity index (χ1v) is 10.1. The fourth-order valence-corrected chi connectivity index (χ4v) is 3.75. The van der Waals surface area contributed by atoms with Gasteiger partial charge in [-0.25, -0.2) is 17.2 Å². The molecular formula is C21H18F2N2O3S. The van der Waals surface area contributed by atoms with E-state index in [4.69, 9.17) is 0 Å². The molecule has 0 unspecified atom stereocenters. The summed E-state index contributed by atoms with van der Waals surface area (Å²) < 4.78 is 54.1. The van der Waals surface area contributed by atoms with Crippen LogP contribution in [0.25, 0.3) is 0 Å². The normalized spacial score (nSPS) is 11.2. The molecule has 150 valence electrons. The van der Waals surface area contributed by atoms with Gasteiger partial charge in [0.15, 0.2) is 0 Å². The Morgan fingerprint density at radius 2 is 1.45 bits per heavy atom. The quantitative estimate of drug-likeness (QED) is 0.637. The highest BCUT2D eigenvalue weighted by Crippen LogP contribution is 2.22. The second-order valence-corrected chi connectivity index (χ2v) is 8.18. The van der Waals surface area contributed by atoms with Gasteiger partial charge in [0, 0.05) is 16.9 Å². The van der Waals surface area contributed by atoms with E-state index in [0.717, 1.165) is 12.1 Å². The molecule has 3 aromatic carbocycles. The lowest BCUT2D eigenvalue weighted by Crippen LogP contribution is -2.17. The maximum Gasteiger partial charge on any atom is 0.261 e. The van der Waals surface area contributed by atoms with Gasteiger partial charge >= 0.3 is 0 Å². The number of anilines is 2. The minimum Gasteiger partial charge on any atom is -0.322 e. The summed E-state index contributed by atoms with van der Waals surface area (Å²) in [7, 11) is -4.00. The largest absolute Gasteiger partial charge is 0.322 e. The van der Waals surface area contributed by atoms with Crippen LogP contribution in [0.2, 0.25) is 0 Å². The summed E-state index contributed by atoms with van der Waals surface area (Å²) in [6, 6.07) is 13.0. The van der Waals surface area contributed by atoms with Gasteiger partial charge in [0.25, 0.3) is 15.9 Å². The van der Waals surface area contributed by atoms with E-state index in [1.165, 1.54) is 48.5 Å². The second-order valence-electron chi connectivity index (χ2n) is 6.50. The summed E-state index contributed by atoms with van der Waals surface area (Å²) in [5.74, 6) is -1.55. The van der Waals surface area contributed by atoms with Crippen molar-refractivity contribution in [3.8, 4) is 0 Å². The molecule has 0 fully saturated rings. The third kappa shape index (κ3) is 4.78. The van der Waals surface area contributed by atoms with Crippen LogP contribution in [0.3, 0.4) is 0 Å². The number of carbonyl (C=O) groups excluding carboxylic acids is 1. The van der Waals surface area contributed by atoms with Crippen LogP contribution < -0.4 is 10.0 Å². The highest BCUT2D eigenvalue weighted by molar-refractivity contribution is 7.92. The molecule has 0 aromatic heterocycles. The maximum absolute atomic E-state index is 13.5. The Morgan fingerprint density at radius 3 is 2.14 bits per heavy atom. The molecule has 29 heavy (non-hydrogen) atoms. The van der Waals surface area contributed by atoms with Crippen molar-refractivity contribution in [2.75, 3.05) is 10.0 Å². The SMILES string of the molecule is Cc1ccc(F)cc1NC(=O)c1cc(S(=O)(=O)Nc2ccc(F)cc2)ccc1C. The van der Waals surface area contributed by atoms with Crippen molar-refractivity contribution in [3.63, 3.8) is 0 Å². The van der Waals surface area contributed by atoms with E-state index in [9.17, 15) is 22.0 Å². The number of sulfonamides is 1. The van der Waals surface area contributed by atoms with E-state index in [0.29, 0.717) is 16.8 Å². The van der Waals surface area contributed by atoms with Gasteiger partial charge in [0.1, 0.15) is 11.6 Å². The number of rotatable bonds is 5. The molecule has 3 rings (SSSR count). The Morgan fingerprint density at radius 1 is 0.828 bits per heavy atom. The van der Waals surface area contributed by atoms with Crippen LogP contribution in [0, 0.1) is 25.5 Å². The molecule has 0 heterocycles. The molecule has 0 bridgehead atoms. The number of halogens is 2. The van der Waals surface area contributed by atoms with E-state index in [1.807, 2.05) is 0 Å². The zero-order valence-electron chi connectivity index (χ0n) is 15.7. The van der Waals surface area contributed by atoms with Gasteiger partial charge in [-0.1, -0.05) is 12.1 Å². The highest BCUT2D eigenvalue weighted by atomic mass is 32.2. The fraction of sp³-hybridized carbons (Fsp3) is 0.0952. The van der Waals surface area contributed by atoms with Crippen molar-refractivity contribution in [2.45, 2.75) is 18.7 Å². The average Bonchev–Trinajstić information content (AvgIpc) is 2.66. The number of carbonyl (C=O) groups is 1. The predicted octanol–water partition coefficient (Wildman–Crippen LogP) is 4.63. The van der Waals surface area contributed by atoms with Crippen molar-refractivity contribution in [1.29, 1.82) is 0 Å². The van der Waals surface area contributed by atoms with Crippen LogP contribution in [0.1, 0.15) is 21.5 Å². The lowest BCUT2D eigenvalue weighted by molar-refractivity contribution is 0.102. The molecule has 8 heteroatoms. The Kier molecular flexibility index (Phi) is 5.65. The van der Waals surface area contributed by atoms with Gasteiger partial charge < -0.3 is 5.32 Å². The van der Waals surface area contributed by atoms with Crippen molar-refractivity contribution in [1.82, 2.24) is 0 Å². The zero-order chi connectivity index (χ0) is 21.2. The summed E-state index contributed by atoms with van der Waals surface area (Å²) in [4.78, 5) is 12.6. The van der Waals surface area contributed by atoms with Crippen LogP contribution in [0.15, 0.2) is 65.6 Å². The first-order valence-electron chi connectivity index (χ1n) is 8.62. The molecule has 0 aliphatic carbocycles. The predicted molar refractivity (Wildman–Crippen MR) is 107 cm³/mol. The smallest absolute Gasteiger partial charge is 0.261 e. The molecule has 0 saturated heterocycles. The van der Waals surface area contributed by atoms with Crippen molar-refractivity contribution >= 4 is 27.3 Å². The molecule has 0 saturated carbocycles. The summed E-state index contributed by atoms with van der Waals surface area (Å²) in [5, 5.41) is 2.61. The monoisotopic (exact) mass is 416 g/mol. The summed E-state index contributed by atoms with van der Waals surface area (Å²) in [6.07, 6.45) is 0. The number of hydrogen-bond donors (Lipinski definition) is 2. The second kappa shape index (κ2) is 8.00. The standard InChI is InChI=1S/C21H18F2N2O3S/c1-13-4-10-18(29(27,28)25-17-8-6-15(22)7-9-17)12-19(13)21(26)24-20-11-16(23)5-3-14(20)2/h3-12,25H,1-2H3,(H,24,26). The van der Waals surface area contributed by atoms with Crippen LogP contribution in [-0.2, 0) is 10.0 Å². The van der Waals surface area contributed by atoms with Crippen LogP contribution in [0.5, 0.6) is 0 Å². The third-order valence-electron chi connectivity index (χ3n) is 4.31. The van der Waals surface area contributed by atoms with E-state index >= 15 is 0 Å². The molecule has 1 amide bonds. The van der Waals surface area contributed by atoms with Crippen molar-refractivity contribution < 1.29 is 22.0 Å². The van der Waals surface area contributed by atoms with E-state index in [1.54, 1.807) is 13.8 Å². The number of hydrogen-bond acceptors (Lipinski definition) is 3. The van der Waals surface area contributed by atoms with Gasteiger partial charge in [0.05, 0.1) is 4.90 Å². The Labute approximate surface area is 167 Å². The molecule has 0 aliphatic rings. The molecule has 0 radical (unpaired) electrons. The van der Waals surface area contributed by atoms with Gasteiger partial charge in [-0.2, -0.15) is 0 Å². The Hall–Kier alpha value is -3.26.